The summed E-state index contributed by atoms with van der Waals surface area (Å²) in [4.78, 5) is 24.9. The van der Waals surface area contributed by atoms with Gasteiger partial charge in [-0.25, -0.2) is 13.2 Å². The van der Waals surface area contributed by atoms with E-state index < -0.39 is 28.4 Å². The van der Waals surface area contributed by atoms with E-state index >= 15 is 0 Å². The van der Waals surface area contributed by atoms with Crippen LogP contribution in [0.3, 0.4) is 0 Å². The Morgan fingerprint density at radius 3 is 2.40 bits per heavy atom. The van der Waals surface area contributed by atoms with Gasteiger partial charge in [-0.15, -0.1) is 0 Å². The Labute approximate surface area is 175 Å². The lowest BCUT2D eigenvalue weighted by Gasteiger charge is -2.15. The third-order valence-corrected chi connectivity index (χ3v) is 6.71. The molecule has 0 bridgehead atoms. The molecule has 1 heterocycles. The van der Waals surface area contributed by atoms with Gasteiger partial charge in [0, 0.05) is 19.2 Å². The maximum Gasteiger partial charge on any atom is 0.338 e. The van der Waals surface area contributed by atoms with Gasteiger partial charge in [0.25, 0.3) is 0 Å². The summed E-state index contributed by atoms with van der Waals surface area (Å²) in [6.07, 6.45) is 1.63. The van der Waals surface area contributed by atoms with E-state index in [1.165, 1.54) is 48.9 Å². The molecule has 0 spiro atoms. The number of hydrogen-bond donors (Lipinski definition) is 0. The second kappa shape index (κ2) is 9.27. The first-order chi connectivity index (χ1) is 14.4. The summed E-state index contributed by atoms with van der Waals surface area (Å²) in [7, 11) is -0.738. The van der Waals surface area contributed by atoms with Crippen molar-refractivity contribution in [1.29, 1.82) is 0 Å². The standard InChI is InChI=1S/C21H23NO7S/c1-27-16-8-9-18(20(13-16)28-2)19(23)14-29-21(24)15-6-5-7-17(12-15)30(25,26)22-10-3-4-11-22/h5-9,12-13H,3-4,10-11,14H2,1-2H3. The first-order valence-electron chi connectivity index (χ1n) is 9.39. The molecule has 0 unspecified atom stereocenters. The number of hydrogen-bond acceptors (Lipinski definition) is 7. The zero-order valence-electron chi connectivity index (χ0n) is 16.8. The predicted octanol–water partition coefficient (Wildman–Crippen LogP) is 2.53. The van der Waals surface area contributed by atoms with Gasteiger partial charge in [-0.3, -0.25) is 4.79 Å². The van der Waals surface area contributed by atoms with Crippen LogP contribution in [0.15, 0.2) is 47.4 Å². The van der Waals surface area contributed by atoms with E-state index in [-0.39, 0.29) is 16.0 Å². The Hall–Kier alpha value is -2.91. The number of nitrogens with zero attached hydrogens (tertiary/aromatic N) is 1. The van der Waals surface area contributed by atoms with Crippen LogP contribution >= 0.6 is 0 Å². The van der Waals surface area contributed by atoms with Crippen LogP contribution in [-0.2, 0) is 14.8 Å². The van der Waals surface area contributed by atoms with Crippen molar-refractivity contribution in [2.75, 3.05) is 33.9 Å². The summed E-state index contributed by atoms with van der Waals surface area (Å²) in [6.45, 7) is 0.426. The zero-order chi connectivity index (χ0) is 21.7. The monoisotopic (exact) mass is 433 g/mol. The second-order valence-electron chi connectivity index (χ2n) is 6.70. The quantitative estimate of drug-likeness (QED) is 0.466. The molecule has 8 nitrogen and oxygen atoms in total. The Kier molecular flexibility index (Phi) is 6.73. The minimum atomic E-state index is -3.65. The van der Waals surface area contributed by atoms with E-state index in [1.807, 2.05) is 0 Å². The van der Waals surface area contributed by atoms with Crippen LogP contribution in [0.25, 0.3) is 0 Å². The maximum atomic E-state index is 12.7. The topological polar surface area (TPSA) is 99.2 Å². The fourth-order valence-corrected chi connectivity index (χ4v) is 4.75. The number of methoxy groups -OCH3 is 2. The van der Waals surface area contributed by atoms with Crippen molar-refractivity contribution in [2.24, 2.45) is 0 Å². The minimum Gasteiger partial charge on any atom is -0.497 e. The van der Waals surface area contributed by atoms with Gasteiger partial charge in [0.15, 0.2) is 6.61 Å². The largest absolute Gasteiger partial charge is 0.497 e. The van der Waals surface area contributed by atoms with Gasteiger partial charge in [-0.05, 0) is 43.2 Å². The first-order valence-corrected chi connectivity index (χ1v) is 10.8. The molecule has 0 atom stereocenters. The number of esters is 1. The molecular formula is C21H23NO7S. The molecular weight excluding hydrogens is 410 g/mol. The molecule has 2 aromatic rings. The van der Waals surface area contributed by atoms with Crippen molar-refractivity contribution < 1.29 is 32.2 Å². The molecule has 0 saturated carbocycles. The van der Waals surface area contributed by atoms with Crippen LogP contribution in [0.2, 0.25) is 0 Å². The average Bonchev–Trinajstić information content (AvgIpc) is 3.32. The molecule has 0 aromatic heterocycles. The van der Waals surface area contributed by atoms with Crippen LogP contribution in [0.5, 0.6) is 11.5 Å². The summed E-state index contributed by atoms with van der Waals surface area (Å²) in [6, 6.07) is 10.3. The van der Waals surface area contributed by atoms with Crippen molar-refractivity contribution >= 4 is 21.8 Å². The fourth-order valence-electron chi connectivity index (χ4n) is 3.18. The second-order valence-corrected chi connectivity index (χ2v) is 8.64. The van der Waals surface area contributed by atoms with Gasteiger partial charge in [0.05, 0.1) is 30.2 Å². The highest BCUT2D eigenvalue weighted by Crippen LogP contribution is 2.25. The lowest BCUT2D eigenvalue weighted by Crippen LogP contribution is -2.28. The Morgan fingerprint density at radius 2 is 1.73 bits per heavy atom. The molecule has 30 heavy (non-hydrogen) atoms. The first kappa shape index (κ1) is 21.8. The number of ketones is 1. The van der Waals surface area contributed by atoms with Crippen LogP contribution in [0.1, 0.15) is 33.6 Å². The Morgan fingerprint density at radius 1 is 1.00 bits per heavy atom. The predicted molar refractivity (Wildman–Crippen MR) is 109 cm³/mol. The van der Waals surface area contributed by atoms with Crippen molar-refractivity contribution in [3.63, 3.8) is 0 Å². The number of sulfonamides is 1. The normalized spacial score (nSPS) is 14.3. The van der Waals surface area contributed by atoms with Crippen molar-refractivity contribution in [3.8, 4) is 11.5 Å². The lowest BCUT2D eigenvalue weighted by atomic mass is 10.1. The highest BCUT2D eigenvalue weighted by molar-refractivity contribution is 7.89. The highest BCUT2D eigenvalue weighted by Gasteiger charge is 2.28. The van der Waals surface area contributed by atoms with Crippen LogP contribution < -0.4 is 9.47 Å². The number of benzene rings is 2. The van der Waals surface area contributed by atoms with E-state index in [9.17, 15) is 18.0 Å². The minimum absolute atomic E-state index is 0.0296. The van der Waals surface area contributed by atoms with E-state index in [0.29, 0.717) is 24.6 Å². The fraction of sp³-hybridized carbons (Fsp3) is 0.333. The third kappa shape index (κ3) is 4.63. The molecule has 1 saturated heterocycles. The molecule has 0 aliphatic carbocycles. The SMILES string of the molecule is COc1ccc(C(=O)COC(=O)c2cccc(S(=O)(=O)N3CCCC3)c2)c(OC)c1. The molecule has 3 rings (SSSR count). The summed E-state index contributed by atoms with van der Waals surface area (Å²) in [5, 5.41) is 0. The molecule has 2 aromatic carbocycles. The molecule has 1 aliphatic heterocycles. The molecule has 0 amide bonds. The van der Waals surface area contributed by atoms with Crippen LogP contribution in [-0.4, -0.2) is 58.4 Å². The molecule has 9 heteroatoms. The Bertz CT molecular complexity index is 1040. The van der Waals surface area contributed by atoms with Crippen LogP contribution in [0, 0.1) is 0 Å². The smallest absolute Gasteiger partial charge is 0.338 e. The number of Topliss-reactive ketones (excluding diaryl/α,β-unsaturated/α-hetero) is 1. The summed E-state index contributed by atoms with van der Waals surface area (Å²) >= 11 is 0. The highest BCUT2D eigenvalue weighted by atomic mass is 32.2. The van der Waals surface area contributed by atoms with Crippen molar-refractivity contribution in [1.82, 2.24) is 4.31 Å². The van der Waals surface area contributed by atoms with Gasteiger partial charge < -0.3 is 14.2 Å². The van der Waals surface area contributed by atoms with Crippen LogP contribution in [0.4, 0.5) is 0 Å². The number of carbonyl (C=O) groups excluding carboxylic acids is 2. The molecule has 0 radical (unpaired) electrons. The van der Waals surface area contributed by atoms with Gasteiger partial charge >= 0.3 is 5.97 Å². The molecule has 1 aliphatic rings. The molecule has 0 N–H and O–H groups in total. The maximum absolute atomic E-state index is 12.7. The van der Waals surface area contributed by atoms with Crippen molar-refractivity contribution in [2.45, 2.75) is 17.7 Å². The van der Waals surface area contributed by atoms with E-state index in [2.05, 4.69) is 0 Å². The molecule has 1 fully saturated rings. The number of ether oxygens (including phenoxy) is 3. The Balaban J connectivity index is 1.70. The summed E-state index contributed by atoms with van der Waals surface area (Å²) in [5.74, 6) is -0.413. The average molecular weight is 433 g/mol. The number of rotatable bonds is 8. The zero-order valence-corrected chi connectivity index (χ0v) is 17.6. The van der Waals surface area contributed by atoms with Gasteiger partial charge in [0.2, 0.25) is 15.8 Å². The summed E-state index contributed by atoms with van der Waals surface area (Å²) < 4.78 is 42.2. The van der Waals surface area contributed by atoms with Crippen molar-refractivity contribution in [3.05, 3.63) is 53.6 Å². The lowest BCUT2D eigenvalue weighted by molar-refractivity contribution is 0.0473. The van der Waals surface area contributed by atoms with Gasteiger partial charge in [-0.2, -0.15) is 4.31 Å². The van der Waals surface area contributed by atoms with E-state index in [1.54, 1.807) is 12.1 Å². The number of carbonyl (C=O) groups is 2. The van der Waals surface area contributed by atoms with Gasteiger partial charge in [-0.1, -0.05) is 6.07 Å². The van der Waals surface area contributed by atoms with Gasteiger partial charge in [0.1, 0.15) is 11.5 Å². The van der Waals surface area contributed by atoms with E-state index in [0.717, 1.165) is 12.8 Å². The molecule has 160 valence electrons. The summed E-state index contributed by atoms with van der Waals surface area (Å²) in [5.41, 5.74) is 0.307. The van der Waals surface area contributed by atoms with E-state index in [4.69, 9.17) is 14.2 Å². The third-order valence-electron chi connectivity index (χ3n) is 4.82.